The molecule has 2 heterocycles. The molecule has 3 heteroatoms. The summed E-state index contributed by atoms with van der Waals surface area (Å²) in [5.74, 6) is 0. The van der Waals surface area contributed by atoms with E-state index in [1.54, 1.807) is 0 Å². The van der Waals surface area contributed by atoms with Gasteiger partial charge in [0.15, 0.2) is 0 Å². The van der Waals surface area contributed by atoms with Gasteiger partial charge in [0.25, 0.3) is 0 Å². The van der Waals surface area contributed by atoms with Crippen LogP contribution in [0.1, 0.15) is 0 Å². The second kappa shape index (κ2) is 11.9. The van der Waals surface area contributed by atoms with E-state index in [1.807, 2.05) is 0 Å². The average Bonchev–Trinajstić information content (AvgIpc) is 3.71. The molecule has 240 valence electrons. The number of hydrogen-bond donors (Lipinski definition) is 1. The van der Waals surface area contributed by atoms with Gasteiger partial charge in [-0.05, 0) is 89.0 Å². The molecule has 0 radical (unpaired) electrons. The summed E-state index contributed by atoms with van der Waals surface area (Å²) in [5.41, 5.74) is 13.9. The Bertz CT molecular complexity index is 2810. The van der Waals surface area contributed by atoms with Crippen molar-refractivity contribution in [3.8, 4) is 33.6 Å². The van der Waals surface area contributed by atoms with Crippen molar-refractivity contribution < 1.29 is 0 Å². The van der Waals surface area contributed by atoms with E-state index in [0.717, 1.165) is 28.3 Å². The summed E-state index contributed by atoms with van der Waals surface area (Å²) >= 11 is 0. The number of fused-ring (bicyclic) bond motifs is 6. The lowest BCUT2D eigenvalue weighted by molar-refractivity contribution is 1.18. The maximum Gasteiger partial charge on any atom is 0.0561 e. The smallest absolute Gasteiger partial charge is 0.0561 e. The van der Waals surface area contributed by atoms with Crippen LogP contribution < -0.4 is 5.32 Å². The number of anilines is 2. The van der Waals surface area contributed by atoms with Gasteiger partial charge in [-0.3, -0.25) is 0 Å². The fourth-order valence-electron chi connectivity index (χ4n) is 7.73. The molecule has 0 amide bonds. The first kappa shape index (κ1) is 29.1. The van der Waals surface area contributed by atoms with Crippen molar-refractivity contribution in [2.75, 3.05) is 5.32 Å². The summed E-state index contributed by atoms with van der Waals surface area (Å²) in [7, 11) is 0. The summed E-state index contributed by atoms with van der Waals surface area (Å²) in [6.07, 6.45) is 0. The summed E-state index contributed by atoms with van der Waals surface area (Å²) < 4.78 is 4.78. The normalized spacial score (nSPS) is 11.5. The number of benzene rings is 8. The lowest BCUT2D eigenvalue weighted by Gasteiger charge is -2.15. The molecule has 0 atom stereocenters. The zero-order valence-electron chi connectivity index (χ0n) is 27.9. The van der Waals surface area contributed by atoms with Gasteiger partial charge in [0.05, 0.1) is 22.1 Å². The Morgan fingerprint density at radius 3 is 1.20 bits per heavy atom. The van der Waals surface area contributed by atoms with Gasteiger partial charge in [0, 0.05) is 44.3 Å². The minimum atomic E-state index is 1.04. The van der Waals surface area contributed by atoms with Gasteiger partial charge in [-0.1, -0.05) is 127 Å². The Kier molecular flexibility index (Phi) is 6.81. The number of hydrogen-bond acceptors (Lipinski definition) is 1. The Balaban J connectivity index is 1.14. The molecule has 51 heavy (non-hydrogen) atoms. The van der Waals surface area contributed by atoms with Crippen molar-refractivity contribution in [2.24, 2.45) is 0 Å². The molecule has 0 aliphatic rings. The molecule has 0 unspecified atom stereocenters. The molecule has 2 aromatic heterocycles. The topological polar surface area (TPSA) is 21.9 Å². The average molecular weight is 652 g/mol. The van der Waals surface area contributed by atoms with Crippen LogP contribution in [0.15, 0.2) is 194 Å². The quantitative estimate of drug-likeness (QED) is 0.190. The molecule has 0 saturated carbocycles. The number of nitrogens with one attached hydrogen (secondary N) is 1. The van der Waals surface area contributed by atoms with Gasteiger partial charge in [0.1, 0.15) is 0 Å². The summed E-state index contributed by atoms with van der Waals surface area (Å²) in [6.45, 7) is 0. The van der Waals surface area contributed by atoms with Crippen LogP contribution in [-0.4, -0.2) is 9.13 Å². The van der Waals surface area contributed by atoms with E-state index in [9.17, 15) is 0 Å². The van der Waals surface area contributed by atoms with E-state index in [4.69, 9.17) is 0 Å². The minimum absolute atomic E-state index is 1.04. The third-order valence-electron chi connectivity index (χ3n) is 10.0. The lowest BCUT2D eigenvalue weighted by atomic mass is 9.98. The monoisotopic (exact) mass is 651 g/mol. The first-order chi connectivity index (χ1) is 25.3. The summed E-state index contributed by atoms with van der Waals surface area (Å²) in [5, 5.41) is 8.73. The van der Waals surface area contributed by atoms with Crippen LogP contribution in [0.25, 0.3) is 77.2 Å². The maximum atomic E-state index is 3.78. The molecule has 1 N–H and O–H groups in total. The van der Waals surface area contributed by atoms with E-state index in [-0.39, 0.29) is 0 Å². The first-order valence-corrected chi connectivity index (χ1v) is 17.4. The Hall–Kier alpha value is -6.84. The lowest BCUT2D eigenvalue weighted by Crippen LogP contribution is -1.97. The molecule has 0 bridgehead atoms. The molecule has 10 rings (SSSR count). The van der Waals surface area contributed by atoms with Crippen LogP contribution in [0.2, 0.25) is 0 Å². The van der Waals surface area contributed by atoms with Gasteiger partial charge < -0.3 is 14.5 Å². The van der Waals surface area contributed by atoms with Crippen molar-refractivity contribution in [3.05, 3.63) is 194 Å². The number of nitrogens with zero attached hydrogens (tertiary/aromatic N) is 2. The van der Waals surface area contributed by atoms with Crippen LogP contribution >= 0.6 is 0 Å². The molecule has 10 aromatic rings. The minimum Gasteiger partial charge on any atom is -0.355 e. The second-order valence-corrected chi connectivity index (χ2v) is 13.1. The molecule has 3 nitrogen and oxygen atoms in total. The predicted molar refractivity (Wildman–Crippen MR) is 216 cm³/mol. The van der Waals surface area contributed by atoms with Crippen molar-refractivity contribution in [2.45, 2.75) is 0 Å². The Morgan fingerprint density at radius 2 is 0.686 bits per heavy atom. The molecular formula is C48H33N3. The van der Waals surface area contributed by atoms with Crippen molar-refractivity contribution in [3.63, 3.8) is 0 Å². The number of para-hydroxylation sites is 3. The summed E-state index contributed by atoms with van der Waals surface area (Å²) in [6, 6.07) is 69.8. The highest BCUT2D eigenvalue weighted by atomic mass is 15.0. The first-order valence-electron chi connectivity index (χ1n) is 17.4. The molecule has 0 aliphatic carbocycles. The summed E-state index contributed by atoms with van der Waals surface area (Å²) in [4.78, 5) is 0. The van der Waals surface area contributed by atoms with E-state index in [1.165, 1.54) is 60.3 Å². The van der Waals surface area contributed by atoms with Gasteiger partial charge in [0.2, 0.25) is 0 Å². The molecule has 8 aromatic carbocycles. The van der Waals surface area contributed by atoms with Crippen LogP contribution in [0, 0.1) is 0 Å². The SMILES string of the molecule is c1ccc(-c2cc(-c3ccccc3)cc(-n3c4ccccc4c4ccc(Nc5ccc6c7ccccc7n(-c7ccccc7)c6c5)cc43)c2)cc1. The van der Waals surface area contributed by atoms with E-state index < -0.39 is 0 Å². The largest absolute Gasteiger partial charge is 0.355 e. The Morgan fingerprint density at radius 1 is 0.275 bits per heavy atom. The van der Waals surface area contributed by atoms with Gasteiger partial charge in [-0.25, -0.2) is 0 Å². The second-order valence-electron chi connectivity index (χ2n) is 13.1. The van der Waals surface area contributed by atoms with Crippen molar-refractivity contribution in [1.29, 1.82) is 0 Å². The highest BCUT2D eigenvalue weighted by Gasteiger charge is 2.16. The van der Waals surface area contributed by atoms with Crippen LogP contribution in [0.3, 0.4) is 0 Å². The van der Waals surface area contributed by atoms with E-state index in [0.29, 0.717) is 0 Å². The number of aromatic nitrogens is 2. The van der Waals surface area contributed by atoms with Crippen molar-refractivity contribution >= 4 is 55.0 Å². The number of rotatable bonds is 6. The fraction of sp³-hybridized carbons (Fsp3) is 0. The third kappa shape index (κ3) is 4.98. The molecule has 0 fully saturated rings. The van der Waals surface area contributed by atoms with Gasteiger partial charge in [-0.2, -0.15) is 0 Å². The Labute approximate surface area is 296 Å². The standard InChI is InChI=1S/C48H33N3/c1-4-14-33(15-5-1)35-28-36(34-16-6-2-7-17-34)30-40(29-35)51-46-23-13-11-21-42(46)44-27-25-38(32-48(44)51)49-37-24-26-43-41-20-10-12-22-45(41)50(47(43)31-37)39-18-8-3-9-19-39/h1-32,49H. The predicted octanol–water partition coefficient (Wildman–Crippen LogP) is 13.0. The molecular weight excluding hydrogens is 619 g/mol. The zero-order chi connectivity index (χ0) is 33.7. The maximum absolute atomic E-state index is 3.78. The van der Waals surface area contributed by atoms with E-state index in [2.05, 4.69) is 209 Å². The van der Waals surface area contributed by atoms with Crippen molar-refractivity contribution in [1.82, 2.24) is 9.13 Å². The molecule has 0 spiro atoms. The zero-order valence-corrected chi connectivity index (χ0v) is 27.9. The van der Waals surface area contributed by atoms with Gasteiger partial charge >= 0.3 is 0 Å². The van der Waals surface area contributed by atoms with E-state index >= 15 is 0 Å². The van der Waals surface area contributed by atoms with Crippen LogP contribution in [-0.2, 0) is 0 Å². The fourth-order valence-corrected chi connectivity index (χ4v) is 7.73. The molecule has 0 aliphatic heterocycles. The highest BCUT2D eigenvalue weighted by molar-refractivity contribution is 6.11. The molecule has 0 saturated heterocycles. The van der Waals surface area contributed by atoms with Gasteiger partial charge in [-0.15, -0.1) is 0 Å². The van der Waals surface area contributed by atoms with Crippen LogP contribution in [0.4, 0.5) is 11.4 Å². The third-order valence-corrected chi connectivity index (χ3v) is 10.0. The highest BCUT2D eigenvalue weighted by Crippen LogP contribution is 2.38. The van der Waals surface area contributed by atoms with Crippen LogP contribution in [0.5, 0.6) is 0 Å².